The normalized spacial score (nSPS) is 24.4. The third kappa shape index (κ3) is 6.03. The summed E-state index contributed by atoms with van der Waals surface area (Å²) < 4.78 is 0. The molecule has 0 radical (unpaired) electrons. The average molecular weight is 291 g/mol. The molecule has 0 aromatic heterocycles. The summed E-state index contributed by atoms with van der Waals surface area (Å²) in [7, 11) is 0. The summed E-state index contributed by atoms with van der Waals surface area (Å²) in [4.78, 5) is 0. The van der Waals surface area contributed by atoms with Gasteiger partial charge in [-0.1, -0.05) is 32.1 Å². The van der Waals surface area contributed by atoms with Crippen molar-refractivity contribution < 1.29 is 25.5 Å². The highest BCUT2D eigenvalue weighted by atomic mass is 16.4. The molecule has 20 heavy (non-hydrogen) atoms. The molecule has 0 aromatic carbocycles. The van der Waals surface area contributed by atoms with E-state index >= 15 is 0 Å². The molecule has 1 fully saturated rings. The molecule has 6 N–H and O–H groups in total. The van der Waals surface area contributed by atoms with Gasteiger partial charge in [0.15, 0.2) is 0 Å². The van der Waals surface area contributed by atoms with Gasteiger partial charge < -0.3 is 30.8 Å². The first-order valence-electron chi connectivity index (χ1n) is 7.62. The van der Waals surface area contributed by atoms with Crippen molar-refractivity contribution in [3.05, 3.63) is 0 Å². The van der Waals surface area contributed by atoms with Crippen molar-refractivity contribution in [2.45, 2.75) is 75.4 Å². The van der Waals surface area contributed by atoms with Crippen LogP contribution in [0.15, 0.2) is 0 Å². The lowest BCUT2D eigenvalue weighted by atomic mass is 9.96. The molecule has 0 amide bonds. The van der Waals surface area contributed by atoms with Crippen molar-refractivity contribution in [3.8, 4) is 0 Å². The van der Waals surface area contributed by atoms with Crippen LogP contribution in [0.5, 0.6) is 0 Å². The number of rotatable bonds is 7. The maximum Gasteiger partial charge on any atom is 0.111 e. The van der Waals surface area contributed by atoms with Gasteiger partial charge in [0.05, 0.1) is 12.7 Å². The van der Waals surface area contributed by atoms with Gasteiger partial charge in [-0.25, -0.2) is 0 Å². The zero-order chi connectivity index (χ0) is 15.0. The Bertz CT molecular complexity index is 246. The second-order valence-corrected chi connectivity index (χ2v) is 5.75. The molecule has 1 aliphatic rings. The molecule has 4 atom stereocenters. The van der Waals surface area contributed by atoms with Gasteiger partial charge in [-0.3, -0.25) is 0 Å². The quantitative estimate of drug-likeness (QED) is 0.363. The van der Waals surface area contributed by atoms with E-state index in [1.165, 1.54) is 32.1 Å². The SMILES string of the molecule is OC[C@@H](O)[C@@H](O)[C@H](O)[C@@H](O)CNC1CCCCCCC1. The lowest BCUT2D eigenvalue weighted by Gasteiger charge is -2.28. The number of nitrogens with one attached hydrogen (secondary N) is 1. The molecule has 1 aliphatic carbocycles. The Kier molecular flexibility index (Phi) is 8.60. The molecule has 0 saturated heterocycles. The van der Waals surface area contributed by atoms with E-state index in [2.05, 4.69) is 5.32 Å². The summed E-state index contributed by atoms with van der Waals surface area (Å²) in [6, 6.07) is 0.331. The lowest BCUT2D eigenvalue weighted by Crippen LogP contribution is -2.50. The van der Waals surface area contributed by atoms with Crippen LogP contribution in [0, 0.1) is 0 Å². The first kappa shape index (κ1) is 17.8. The highest BCUT2D eigenvalue weighted by Crippen LogP contribution is 2.17. The predicted octanol–water partition coefficient (Wildman–Crippen LogP) is -0.875. The Balaban J connectivity index is 2.31. The molecule has 120 valence electrons. The first-order valence-corrected chi connectivity index (χ1v) is 7.62. The van der Waals surface area contributed by atoms with Crippen molar-refractivity contribution in [2.24, 2.45) is 0 Å². The van der Waals surface area contributed by atoms with E-state index in [9.17, 15) is 20.4 Å². The van der Waals surface area contributed by atoms with Gasteiger partial charge in [-0.2, -0.15) is 0 Å². The van der Waals surface area contributed by atoms with Gasteiger partial charge >= 0.3 is 0 Å². The van der Waals surface area contributed by atoms with Gasteiger partial charge in [-0.15, -0.1) is 0 Å². The molecule has 6 heteroatoms. The second kappa shape index (κ2) is 9.65. The van der Waals surface area contributed by atoms with Crippen molar-refractivity contribution in [1.82, 2.24) is 5.32 Å². The zero-order valence-electron chi connectivity index (χ0n) is 12.0. The minimum Gasteiger partial charge on any atom is -0.394 e. The van der Waals surface area contributed by atoms with Gasteiger partial charge in [0.2, 0.25) is 0 Å². The van der Waals surface area contributed by atoms with E-state index in [-0.39, 0.29) is 6.54 Å². The van der Waals surface area contributed by atoms with Crippen LogP contribution < -0.4 is 5.32 Å². The zero-order valence-corrected chi connectivity index (χ0v) is 12.0. The largest absolute Gasteiger partial charge is 0.394 e. The fourth-order valence-corrected chi connectivity index (χ4v) is 2.63. The molecule has 0 spiro atoms. The minimum absolute atomic E-state index is 0.168. The summed E-state index contributed by atoms with van der Waals surface area (Å²) in [6.07, 6.45) is 2.60. The third-order valence-electron chi connectivity index (χ3n) is 4.05. The van der Waals surface area contributed by atoms with Crippen LogP contribution in [0.3, 0.4) is 0 Å². The number of hydrogen-bond donors (Lipinski definition) is 6. The standard InChI is InChI=1S/C14H29NO5/c16-9-12(18)14(20)13(19)11(17)8-15-10-6-4-2-1-3-5-7-10/h10-20H,1-9H2/t11-,12+,13+,14+/m0/s1. The van der Waals surface area contributed by atoms with Gasteiger partial charge in [0.1, 0.15) is 18.3 Å². The first-order chi connectivity index (χ1) is 9.56. The molecular weight excluding hydrogens is 262 g/mol. The van der Waals surface area contributed by atoms with E-state index < -0.39 is 31.0 Å². The van der Waals surface area contributed by atoms with Gasteiger partial charge in [-0.05, 0) is 12.8 Å². The van der Waals surface area contributed by atoms with E-state index in [0.29, 0.717) is 6.04 Å². The molecule has 0 aliphatic heterocycles. The number of aliphatic hydroxyl groups excluding tert-OH is 5. The van der Waals surface area contributed by atoms with Crippen LogP contribution in [-0.2, 0) is 0 Å². The predicted molar refractivity (Wildman–Crippen MR) is 75.2 cm³/mol. The van der Waals surface area contributed by atoms with Crippen molar-refractivity contribution >= 4 is 0 Å². The number of aliphatic hydroxyl groups is 5. The van der Waals surface area contributed by atoms with E-state index in [0.717, 1.165) is 12.8 Å². The van der Waals surface area contributed by atoms with Crippen molar-refractivity contribution in [2.75, 3.05) is 13.2 Å². The van der Waals surface area contributed by atoms with Gasteiger partial charge in [0.25, 0.3) is 0 Å². The van der Waals surface area contributed by atoms with Gasteiger partial charge in [0, 0.05) is 12.6 Å². The molecule has 1 rings (SSSR count). The fourth-order valence-electron chi connectivity index (χ4n) is 2.63. The summed E-state index contributed by atoms with van der Waals surface area (Å²) >= 11 is 0. The molecular formula is C14H29NO5. The maximum atomic E-state index is 9.82. The maximum absolute atomic E-state index is 9.82. The Morgan fingerprint density at radius 1 is 0.800 bits per heavy atom. The Hall–Kier alpha value is -0.240. The minimum atomic E-state index is -1.55. The number of hydrogen-bond acceptors (Lipinski definition) is 6. The van der Waals surface area contributed by atoms with Crippen LogP contribution in [0.4, 0.5) is 0 Å². The van der Waals surface area contributed by atoms with Crippen LogP contribution in [0.2, 0.25) is 0 Å². The highest BCUT2D eigenvalue weighted by molar-refractivity contribution is 4.83. The molecule has 0 heterocycles. The van der Waals surface area contributed by atoms with Crippen LogP contribution in [0.1, 0.15) is 44.9 Å². The van der Waals surface area contributed by atoms with Crippen LogP contribution in [0.25, 0.3) is 0 Å². The molecule has 0 unspecified atom stereocenters. The molecule has 6 nitrogen and oxygen atoms in total. The Morgan fingerprint density at radius 3 is 1.85 bits per heavy atom. The third-order valence-corrected chi connectivity index (χ3v) is 4.05. The van der Waals surface area contributed by atoms with E-state index in [1.54, 1.807) is 0 Å². The summed E-state index contributed by atoms with van der Waals surface area (Å²) in [6.45, 7) is -0.484. The average Bonchev–Trinajstić information content (AvgIpc) is 2.43. The monoisotopic (exact) mass is 291 g/mol. The van der Waals surface area contributed by atoms with Crippen molar-refractivity contribution in [1.29, 1.82) is 0 Å². The summed E-state index contributed by atoms with van der Waals surface area (Å²) in [5, 5.41) is 50.2. The topological polar surface area (TPSA) is 113 Å². The molecule has 0 bridgehead atoms. The Labute approximate surface area is 120 Å². The van der Waals surface area contributed by atoms with Crippen LogP contribution in [-0.4, -0.2) is 69.1 Å². The highest BCUT2D eigenvalue weighted by Gasteiger charge is 2.30. The van der Waals surface area contributed by atoms with Crippen LogP contribution >= 0.6 is 0 Å². The fraction of sp³-hybridized carbons (Fsp3) is 1.00. The Morgan fingerprint density at radius 2 is 1.30 bits per heavy atom. The van der Waals surface area contributed by atoms with E-state index in [4.69, 9.17) is 5.11 Å². The van der Waals surface area contributed by atoms with Crippen molar-refractivity contribution in [3.63, 3.8) is 0 Å². The summed E-state index contributed by atoms with van der Waals surface area (Å²) in [5.41, 5.74) is 0. The lowest BCUT2D eigenvalue weighted by molar-refractivity contribution is -0.114. The molecule has 0 aromatic rings. The molecule has 1 saturated carbocycles. The smallest absolute Gasteiger partial charge is 0.111 e. The summed E-state index contributed by atoms with van der Waals surface area (Å²) in [5.74, 6) is 0. The second-order valence-electron chi connectivity index (χ2n) is 5.75. The van der Waals surface area contributed by atoms with E-state index in [1.807, 2.05) is 0 Å².